The Balaban J connectivity index is 2.60. The van der Waals surface area contributed by atoms with E-state index in [-0.39, 0.29) is 11.7 Å². The summed E-state index contributed by atoms with van der Waals surface area (Å²) in [7, 11) is -5.73. The molecule has 2 aromatic carbocycles. The van der Waals surface area contributed by atoms with Crippen LogP contribution in [0.3, 0.4) is 0 Å². The molecule has 0 fully saturated rings. The van der Waals surface area contributed by atoms with Crippen LogP contribution in [0.15, 0.2) is 29.2 Å². The second-order valence-corrected chi connectivity index (χ2v) is 6.67. The Hall–Kier alpha value is -2.13. The van der Waals surface area contributed by atoms with Gasteiger partial charge in [0.15, 0.2) is 17.5 Å². The Kier molecular flexibility index (Phi) is 5.38. The lowest BCUT2D eigenvalue weighted by atomic mass is 9.99. The molecule has 1 unspecified atom stereocenters. The van der Waals surface area contributed by atoms with Gasteiger partial charge in [-0.15, -0.1) is 0 Å². The van der Waals surface area contributed by atoms with Crippen molar-refractivity contribution in [1.82, 2.24) is 0 Å². The smallest absolute Gasteiger partial charge is 0.207 e. The predicted octanol–water partition coefficient (Wildman–Crippen LogP) is 4.45. The fourth-order valence-corrected chi connectivity index (χ4v) is 2.76. The molecular formula is C16H13F4O4S-. The van der Waals surface area contributed by atoms with Crippen LogP contribution < -0.4 is 4.74 Å². The van der Waals surface area contributed by atoms with Gasteiger partial charge in [-0.25, -0.2) is 21.6 Å². The number of rotatable bonds is 5. The zero-order valence-electron chi connectivity index (χ0n) is 13.1. The molecule has 136 valence electrons. The van der Waals surface area contributed by atoms with Gasteiger partial charge in [0.2, 0.25) is 11.6 Å². The minimum Gasteiger partial charge on any atom is -0.744 e. The van der Waals surface area contributed by atoms with Gasteiger partial charge in [0.05, 0.1) is 0 Å². The van der Waals surface area contributed by atoms with Crippen LogP contribution in [-0.2, 0) is 10.1 Å². The molecule has 0 heterocycles. The Morgan fingerprint density at radius 3 is 2.28 bits per heavy atom. The van der Waals surface area contributed by atoms with Crippen LogP contribution in [-0.4, -0.2) is 13.0 Å². The molecule has 0 aliphatic heterocycles. The van der Waals surface area contributed by atoms with E-state index in [1.54, 1.807) is 6.07 Å². The number of benzene rings is 2. The highest BCUT2D eigenvalue weighted by molar-refractivity contribution is 7.85. The first-order valence-corrected chi connectivity index (χ1v) is 8.58. The summed E-state index contributed by atoms with van der Waals surface area (Å²) >= 11 is 0. The normalized spacial score (nSPS) is 12.9. The average Bonchev–Trinajstić information content (AvgIpc) is 2.55. The summed E-state index contributed by atoms with van der Waals surface area (Å²) < 4.78 is 92.7. The molecule has 0 radical (unpaired) electrons. The molecule has 1 atom stereocenters. The van der Waals surface area contributed by atoms with Crippen LogP contribution in [0.4, 0.5) is 17.6 Å². The lowest BCUT2D eigenvalue weighted by Crippen LogP contribution is -2.11. The van der Waals surface area contributed by atoms with Crippen LogP contribution in [0.1, 0.15) is 31.7 Å². The summed E-state index contributed by atoms with van der Waals surface area (Å²) in [5.41, 5.74) is 0.750. The summed E-state index contributed by atoms with van der Waals surface area (Å²) in [5.74, 6) is -10.5. The summed E-state index contributed by atoms with van der Waals surface area (Å²) in [5, 5.41) is 0. The lowest BCUT2D eigenvalue weighted by Gasteiger charge is -2.16. The van der Waals surface area contributed by atoms with Gasteiger partial charge in [0.25, 0.3) is 0 Å². The van der Waals surface area contributed by atoms with E-state index in [4.69, 9.17) is 4.74 Å². The van der Waals surface area contributed by atoms with E-state index in [0.717, 1.165) is 12.0 Å². The van der Waals surface area contributed by atoms with E-state index in [2.05, 4.69) is 0 Å². The fourth-order valence-electron chi connectivity index (χ4n) is 2.14. The van der Waals surface area contributed by atoms with Crippen LogP contribution in [0.5, 0.6) is 11.5 Å². The molecule has 0 bridgehead atoms. The van der Waals surface area contributed by atoms with Gasteiger partial charge in [-0.3, -0.25) is 0 Å². The van der Waals surface area contributed by atoms with Gasteiger partial charge < -0.3 is 9.29 Å². The highest BCUT2D eigenvalue weighted by Gasteiger charge is 2.30. The molecule has 0 saturated carbocycles. The molecule has 4 nitrogen and oxygen atoms in total. The van der Waals surface area contributed by atoms with Gasteiger partial charge in [-0.05, 0) is 30.0 Å². The van der Waals surface area contributed by atoms with Crippen LogP contribution in [0.2, 0.25) is 0 Å². The van der Waals surface area contributed by atoms with Crippen molar-refractivity contribution in [2.75, 3.05) is 0 Å². The summed E-state index contributed by atoms with van der Waals surface area (Å²) in [6, 6.07) is 5.95. The van der Waals surface area contributed by atoms with Crippen molar-refractivity contribution in [3.8, 4) is 11.5 Å². The third-order valence-electron chi connectivity index (χ3n) is 3.69. The first-order chi connectivity index (χ1) is 11.6. The SMILES string of the molecule is CCC(C)c1cccc(Oc2c(F)c(F)c(F)c(S(=O)(=O)[O-])c2F)c1. The van der Waals surface area contributed by atoms with Crippen molar-refractivity contribution < 1.29 is 35.3 Å². The number of halogens is 4. The maximum Gasteiger partial charge on any atom is 0.207 e. The van der Waals surface area contributed by atoms with E-state index in [1.807, 2.05) is 13.8 Å². The zero-order valence-corrected chi connectivity index (χ0v) is 14.0. The van der Waals surface area contributed by atoms with Crippen LogP contribution in [0.25, 0.3) is 0 Å². The van der Waals surface area contributed by atoms with Crippen molar-refractivity contribution >= 4 is 10.1 Å². The molecule has 2 rings (SSSR count). The first kappa shape index (κ1) is 19.2. The molecule has 25 heavy (non-hydrogen) atoms. The largest absolute Gasteiger partial charge is 0.744 e. The van der Waals surface area contributed by atoms with E-state index in [1.165, 1.54) is 18.2 Å². The molecule has 0 amide bonds. The molecule has 9 heteroatoms. The predicted molar refractivity (Wildman–Crippen MR) is 79.5 cm³/mol. The minimum absolute atomic E-state index is 0.0841. The van der Waals surface area contributed by atoms with Gasteiger partial charge >= 0.3 is 0 Å². The molecular weight excluding hydrogens is 364 g/mol. The third-order valence-corrected chi connectivity index (χ3v) is 4.55. The molecule has 0 aliphatic carbocycles. The number of hydrogen-bond donors (Lipinski definition) is 0. The Morgan fingerprint density at radius 2 is 1.72 bits per heavy atom. The van der Waals surface area contributed by atoms with E-state index >= 15 is 0 Å². The fraction of sp³-hybridized carbons (Fsp3) is 0.250. The van der Waals surface area contributed by atoms with Crippen molar-refractivity contribution in [1.29, 1.82) is 0 Å². The second-order valence-electron chi connectivity index (χ2n) is 5.35. The summed E-state index contributed by atoms with van der Waals surface area (Å²) in [4.78, 5) is -2.13. The van der Waals surface area contributed by atoms with Crippen molar-refractivity contribution in [2.24, 2.45) is 0 Å². The lowest BCUT2D eigenvalue weighted by molar-refractivity contribution is 0.345. The van der Waals surface area contributed by atoms with Crippen molar-refractivity contribution in [3.63, 3.8) is 0 Å². The maximum atomic E-state index is 14.1. The second kappa shape index (κ2) is 7.01. The molecule has 0 spiro atoms. The highest BCUT2D eigenvalue weighted by Crippen LogP contribution is 2.36. The van der Waals surface area contributed by atoms with E-state index < -0.39 is 44.0 Å². The minimum atomic E-state index is -5.73. The van der Waals surface area contributed by atoms with Gasteiger partial charge in [-0.2, -0.15) is 4.39 Å². The Morgan fingerprint density at radius 1 is 1.08 bits per heavy atom. The Bertz CT molecular complexity index is 913. The maximum absolute atomic E-state index is 14.1. The standard InChI is InChI=1S/C16H14F4O4S/c1-3-8(2)9-5-4-6-10(7-9)24-15-12(18)11(17)13(19)16(14(15)20)25(21,22)23/h4-8H,3H2,1-2H3,(H,21,22,23)/p-1. The Labute approximate surface area is 141 Å². The van der Waals surface area contributed by atoms with Gasteiger partial charge in [-0.1, -0.05) is 26.0 Å². The zero-order chi connectivity index (χ0) is 18.9. The first-order valence-electron chi connectivity index (χ1n) is 7.17. The summed E-state index contributed by atoms with van der Waals surface area (Å²) in [6.45, 7) is 3.80. The monoisotopic (exact) mass is 377 g/mol. The quantitative estimate of drug-likeness (QED) is 0.334. The van der Waals surface area contributed by atoms with Gasteiger partial charge in [0.1, 0.15) is 20.8 Å². The molecule has 2 aromatic rings. The van der Waals surface area contributed by atoms with Crippen LogP contribution >= 0.6 is 0 Å². The van der Waals surface area contributed by atoms with Crippen molar-refractivity contribution in [2.45, 2.75) is 31.1 Å². The van der Waals surface area contributed by atoms with Crippen molar-refractivity contribution in [3.05, 3.63) is 53.1 Å². The van der Waals surface area contributed by atoms with E-state index in [9.17, 15) is 30.5 Å². The number of ether oxygens (including phenoxy) is 1. The highest BCUT2D eigenvalue weighted by atomic mass is 32.2. The third kappa shape index (κ3) is 3.77. The molecule has 0 N–H and O–H groups in total. The molecule has 0 saturated heterocycles. The topological polar surface area (TPSA) is 66.4 Å². The average molecular weight is 377 g/mol. The van der Waals surface area contributed by atoms with Crippen LogP contribution in [0, 0.1) is 23.3 Å². The van der Waals surface area contributed by atoms with Gasteiger partial charge in [0, 0.05) is 0 Å². The summed E-state index contributed by atoms with van der Waals surface area (Å²) in [6.07, 6.45) is 0.760. The molecule has 0 aromatic heterocycles. The number of hydrogen-bond acceptors (Lipinski definition) is 4. The van der Waals surface area contributed by atoms with E-state index in [0.29, 0.717) is 0 Å². The molecule has 0 aliphatic rings.